The van der Waals surface area contributed by atoms with Gasteiger partial charge in [0.1, 0.15) is 3.79 Å². The number of thiazole rings is 1. The lowest BCUT2D eigenvalue weighted by Gasteiger charge is -2.00. The number of hydrogen-bond donors (Lipinski definition) is 0. The summed E-state index contributed by atoms with van der Waals surface area (Å²) >= 11 is 3.86. The second-order valence-electron chi connectivity index (χ2n) is 2.08. The van der Waals surface area contributed by atoms with Crippen molar-refractivity contribution >= 4 is 27.3 Å². The second kappa shape index (κ2) is 3.33. The van der Waals surface area contributed by atoms with Gasteiger partial charge >= 0.3 is 6.18 Å². The third-order valence-electron chi connectivity index (χ3n) is 1.20. The van der Waals surface area contributed by atoms with Crippen LogP contribution in [0.2, 0.25) is 0 Å². The Balaban J connectivity index is 3.08. The van der Waals surface area contributed by atoms with E-state index in [2.05, 4.69) is 20.9 Å². The summed E-state index contributed by atoms with van der Waals surface area (Å²) in [7, 11) is 0. The lowest BCUT2D eigenvalue weighted by molar-refractivity contribution is -0.141. The molecule has 0 N–H and O–H groups in total. The predicted molar refractivity (Wildman–Crippen MR) is 44.2 cm³/mol. The SMILES string of the molecule is CCc1nc(C(F)(F)F)c(Br)s1. The van der Waals surface area contributed by atoms with E-state index in [0.29, 0.717) is 11.4 Å². The van der Waals surface area contributed by atoms with Crippen LogP contribution in [0.5, 0.6) is 0 Å². The van der Waals surface area contributed by atoms with E-state index >= 15 is 0 Å². The van der Waals surface area contributed by atoms with E-state index in [1.165, 1.54) is 0 Å². The molecule has 68 valence electrons. The molecule has 0 aromatic carbocycles. The normalized spacial score (nSPS) is 12.1. The number of nitrogens with zero attached hydrogens (tertiary/aromatic N) is 1. The van der Waals surface area contributed by atoms with Gasteiger partial charge in [0.05, 0.1) is 5.01 Å². The second-order valence-corrected chi connectivity index (χ2v) is 4.48. The van der Waals surface area contributed by atoms with Crippen molar-refractivity contribution in [2.75, 3.05) is 0 Å². The molecular weight excluding hydrogens is 255 g/mol. The zero-order chi connectivity index (χ0) is 9.35. The summed E-state index contributed by atoms with van der Waals surface area (Å²) in [5.74, 6) is 0. The third kappa shape index (κ3) is 1.98. The van der Waals surface area contributed by atoms with Crippen molar-refractivity contribution in [1.82, 2.24) is 4.98 Å². The molecule has 1 heterocycles. The number of halogens is 4. The van der Waals surface area contributed by atoms with Crippen LogP contribution < -0.4 is 0 Å². The van der Waals surface area contributed by atoms with Crippen molar-refractivity contribution < 1.29 is 13.2 Å². The number of alkyl halides is 3. The standard InChI is InChI=1S/C6H5BrF3NS/c1-2-3-11-4(5(7)12-3)6(8,9)10/h2H2,1H3. The summed E-state index contributed by atoms with van der Waals surface area (Å²) in [6.07, 6.45) is -3.82. The Kier molecular flexibility index (Phi) is 2.77. The van der Waals surface area contributed by atoms with Gasteiger partial charge in [0.15, 0.2) is 5.69 Å². The van der Waals surface area contributed by atoms with Crippen LogP contribution in [0.1, 0.15) is 17.6 Å². The molecule has 0 aliphatic rings. The zero-order valence-electron chi connectivity index (χ0n) is 6.07. The van der Waals surface area contributed by atoms with Gasteiger partial charge in [-0.25, -0.2) is 4.98 Å². The lowest BCUT2D eigenvalue weighted by Crippen LogP contribution is -2.06. The van der Waals surface area contributed by atoms with Crippen LogP contribution in [-0.2, 0) is 12.6 Å². The predicted octanol–water partition coefficient (Wildman–Crippen LogP) is 3.49. The summed E-state index contributed by atoms with van der Waals surface area (Å²) in [6.45, 7) is 1.77. The van der Waals surface area contributed by atoms with Gasteiger partial charge in [-0.15, -0.1) is 11.3 Å². The first-order chi connectivity index (χ1) is 5.45. The Morgan fingerprint density at radius 3 is 2.33 bits per heavy atom. The molecule has 1 nitrogen and oxygen atoms in total. The molecule has 0 radical (unpaired) electrons. The first-order valence-electron chi connectivity index (χ1n) is 3.17. The van der Waals surface area contributed by atoms with Crippen molar-refractivity contribution in [2.45, 2.75) is 19.5 Å². The summed E-state index contributed by atoms with van der Waals surface area (Å²) in [6, 6.07) is 0. The highest BCUT2D eigenvalue weighted by Crippen LogP contribution is 2.37. The molecule has 0 saturated heterocycles. The number of aryl methyl sites for hydroxylation is 1. The van der Waals surface area contributed by atoms with Gasteiger partial charge in [-0.2, -0.15) is 13.2 Å². The smallest absolute Gasteiger partial charge is 0.236 e. The van der Waals surface area contributed by atoms with Crippen molar-refractivity contribution in [2.24, 2.45) is 0 Å². The minimum atomic E-state index is -4.34. The number of aromatic nitrogens is 1. The third-order valence-corrected chi connectivity index (χ3v) is 3.05. The quantitative estimate of drug-likeness (QED) is 0.753. The lowest BCUT2D eigenvalue weighted by atomic mass is 10.4. The van der Waals surface area contributed by atoms with Gasteiger partial charge in [0.2, 0.25) is 0 Å². The van der Waals surface area contributed by atoms with Gasteiger partial charge in [-0.3, -0.25) is 0 Å². The molecular formula is C6H5BrF3NS. The fourth-order valence-corrected chi connectivity index (χ4v) is 2.29. The zero-order valence-corrected chi connectivity index (χ0v) is 8.48. The van der Waals surface area contributed by atoms with Crippen molar-refractivity contribution in [1.29, 1.82) is 0 Å². The van der Waals surface area contributed by atoms with Crippen LogP contribution in [0.3, 0.4) is 0 Å². The maximum atomic E-state index is 12.1. The van der Waals surface area contributed by atoms with Gasteiger partial charge < -0.3 is 0 Å². The Bertz CT molecular complexity index is 281. The van der Waals surface area contributed by atoms with Gasteiger partial charge in [0, 0.05) is 0 Å². The molecule has 12 heavy (non-hydrogen) atoms. The number of rotatable bonds is 1. The van der Waals surface area contributed by atoms with E-state index in [1.54, 1.807) is 6.92 Å². The Morgan fingerprint density at radius 2 is 2.08 bits per heavy atom. The highest BCUT2D eigenvalue weighted by Gasteiger charge is 2.36. The van der Waals surface area contributed by atoms with E-state index in [9.17, 15) is 13.2 Å². The topological polar surface area (TPSA) is 12.9 Å². The highest BCUT2D eigenvalue weighted by molar-refractivity contribution is 9.11. The van der Waals surface area contributed by atoms with Crippen molar-refractivity contribution in [3.8, 4) is 0 Å². The van der Waals surface area contributed by atoms with Crippen LogP contribution in [0.15, 0.2) is 3.79 Å². The largest absolute Gasteiger partial charge is 0.435 e. The number of hydrogen-bond acceptors (Lipinski definition) is 2. The van der Waals surface area contributed by atoms with Crippen LogP contribution in [0, 0.1) is 0 Å². The van der Waals surface area contributed by atoms with Crippen LogP contribution in [0.25, 0.3) is 0 Å². The Labute approximate surface area is 79.8 Å². The maximum Gasteiger partial charge on any atom is 0.435 e. The molecule has 0 spiro atoms. The molecule has 0 amide bonds. The minimum absolute atomic E-state index is 0.0619. The fraction of sp³-hybridized carbons (Fsp3) is 0.500. The molecule has 1 rings (SSSR count). The average molecular weight is 260 g/mol. The Morgan fingerprint density at radius 1 is 1.50 bits per heavy atom. The summed E-state index contributed by atoms with van der Waals surface area (Å²) in [5, 5.41) is 0.495. The molecule has 0 fully saturated rings. The fourth-order valence-electron chi connectivity index (χ4n) is 0.669. The molecule has 0 saturated carbocycles. The Hall–Kier alpha value is -0.100. The van der Waals surface area contributed by atoms with Crippen molar-refractivity contribution in [3.63, 3.8) is 0 Å². The van der Waals surface area contributed by atoms with Crippen LogP contribution in [-0.4, -0.2) is 4.98 Å². The molecule has 1 aromatic heterocycles. The molecule has 1 aromatic rings. The molecule has 0 bridgehead atoms. The van der Waals surface area contributed by atoms with E-state index in [0.717, 1.165) is 11.3 Å². The van der Waals surface area contributed by atoms with Gasteiger partial charge in [-0.1, -0.05) is 6.92 Å². The first kappa shape index (κ1) is 9.98. The monoisotopic (exact) mass is 259 g/mol. The summed E-state index contributed by atoms with van der Waals surface area (Å²) in [4.78, 5) is 3.45. The van der Waals surface area contributed by atoms with E-state index in [4.69, 9.17) is 0 Å². The van der Waals surface area contributed by atoms with Crippen LogP contribution >= 0.6 is 27.3 Å². The molecule has 0 aliphatic heterocycles. The minimum Gasteiger partial charge on any atom is -0.236 e. The van der Waals surface area contributed by atoms with E-state index < -0.39 is 11.9 Å². The maximum absolute atomic E-state index is 12.1. The molecule has 0 atom stereocenters. The molecule has 0 unspecified atom stereocenters. The van der Waals surface area contributed by atoms with Gasteiger partial charge in [-0.05, 0) is 22.4 Å². The van der Waals surface area contributed by atoms with E-state index in [-0.39, 0.29) is 3.79 Å². The average Bonchev–Trinajstić information content (AvgIpc) is 2.29. The van der Waals surface area contributed by atoms with Crippen molar-refractivity contribution in [3.05, 3.63) is 14.5 Å². The summed E-state index contributed by atoms with van der Waals surface area (Å²) in [5.41, 5.74) is -0.815. The summed E-state index contributed by atoms with van der Waals surface area (Å²) < 4.78 is 36.4. The molecule has 6 heteroatoms. The highest BCUT2D eigenvalue weighted by atomic mass is 79.9. The first-order valence-corrected chi connectivity index (χ1v) is 4.78. The van der Waals surface area contributed by atoms with E-state index in [1.807, 2.05) is 0 Å². The van der Waals surface area contributed by atoms with Gasteiger partial charge in [0.25, 0.3) is 0 Å². The van der Waals surface area contributed by atoms with Crippen LogP contribution in [0.4, 0.5) is 13.2 Å². The molecule has 0 aliphatic carbocycles.